The van der Waals surface area contributed by atoms with Crippen LogP contribution in [0.25, 0.3) is 0 Å². The predicted octanol–water partition coefficient (Wildman–Crippen LogP) is 2.68. The van der Waals surface area contributed by atoms with E-state index in [4.69, 9.17) is 5.11 Å². The molecule has 1 aromatic carbocycles. The molecule has 94 valence electrons. The average molecular weight is 239 g/mol. The van der Waals surface area contributed by atoms with Crippen molar-refractivity contribution < 1.29 is 14.3 Å². The fourth-order valence-corrected chi connectivity index (χ4v) is 1.68. The van der Waals surface area contributed by atoms with Crippen LogP contribution in [0.3, 0.4) is 0 Å². The molecular weight excluding hydrogens is 221 g/mol. The number of benzene rings is 1. The van der Waals surface area contributed by atoms with E-state index in [2.05, 4.69) is 0 Å². The minimum atomic E-state index is -0.793. The first-order valence-corrected chi connectivity index (χ1v) is 5.65. The number of hydrogen-bond acceptors (Lipinski definition) is 2. The lowest BCUT2D eigenvalue weighted by atomic mass is 10.1. The van der Waals surface area contributed by atoms with Crippen molar-refractivity contribution in [3.63, 3.8) is 0 Å². The molecule has 0 saturated carbocycles. The summed E-state index contributed by atoms with van der Waals surface area (Å²) in [6, 6.07) is 4.80. The maximum Gasteiger partial charge on any atom is 0.308 e. The van der Waals surface area contributed by atoms with Crippen LogP contribution in [-0.4, -0.2) is 24.7 Å². The van der Waals surface area contributed by atoms with Gasteiger partial charge in [-0.3, -0.25) is 4.79 Å². The summed E-state index contributed by atoms with van der Waals surface area (Å²) < 4.78 is 13.1. The average Bonchev–Trinajstić information content (AvgIpc) is 2.28. The van der Waals surface area contributed by atoms with Gasteiger partial charge in [-0.1, -0.05) is 6.92 Å². The molecule has 4 heteroatoms. The van der Waals surface area contributed by atoms with Gasteiger partial charge < -0.3 is 10.0 Å². The van der Waals surface area contributed by atoms with E-state index in [9.17, 15) is 9.18 Å². The van der Waals surface area contributed by atoms with Crippen LogP contribution in [0.15, 0.2) is 18.2 Å². The van der Waals surface area contributed by atoms with Crippen LogP contribution in [-0.2, 0) is 4.79 Å². The van der Waals surface area contributed by atoms with Crippen molar-refractivity contribution in [2.24, 2.45) is 5.92 Å². The molecular formula is C13H18FNO2. The SMILES string of the molecule is CCC(CN(C)c1ccc(F)c(C)c1)C(=O)O. The molecule has 1 aromatic rings. The third-order valence-electron chi connectivity index (χ3n) is 2.92. The molecule has 17 heavy (non-hydrogen) atoms. The van der Waals surface area contributed by atoms with Crippen LogP contribution < -0.4 is 4.90 Å². The highest BCUT2D eigenvalue weighted by molar-refractivity contribution is 5.71. The molecule has 0 aliphatic rings. The van der Waals surface area contributed by atoms with Crippen molar-refractivity contribution in [3.05, 3.63) is 29.6 Å². The topological polar surface area (TPSA) is 40.5 Å². The third-order valence-corrected chi connectivity index (χ3v) is 2.92. The normalized spacial score (nSPS) is 12.2. The van der Waals surface area contributed by atoms with E-state index in [-0.39, 0.29) is 5.82 Å². The zero-order valence-corrected chi connectivity index (χ0v) is 10.4. The molecule has 1 rings (SSSR count). The number of aryl methyl sites for hydroxylation is 1. The van der Waals surface area contributed by atoms with E-state index >= 15 is 0 Å². The van der Waals surface area contributed by atoms with E-state index in [1.165, 1.54) is 6.07 Å². The smallest absolute Gasteiger partial charge is 0.308 e. The first-order valence-electron chi connectivity index (χ1n) is 5.65. The summed E-state index contributed by atoms with van der Waals surface area (Å²) >= 11 is 0. The fourth-order valence-electron chi connectivity index (χ4n) is 1.68. The quantitative estimate of drug-likeness (QED) is 0.858. The van der Waals surface area contributed by atoms with Gasteiger partial charge in [0, 0.05) is 19.3 Å². The summed E-state index contributed by atoms with van der Waals surface area (Å²) in [6.07, 6.45) is 0.583. The fraction of sp³-hybridized carbons (Fsp3) is 0.462. The van der Waals surface area contributed by atoms with Crippen molar-refractivity contribution in [2.75, 3.05) is 18.5 Å². The van der Waals surface area contributed by atoms with Crippen LogP contribution >= 0.6 is 0 Å². The van der Waals surface area contributed by atoms with Gasteiger partial charge in [0.1, 0.15) is 5.82 Å². The van der Waals surface area contributed by atoms with E-state index in [0.29, 0.717) is 18.5 Å². The minimum absolute atomic E-state index is 0.243. The molecule has 0 fully saturated rings. The number of hydrogen-bond donors (Lipinski definition) is 1. The summed E-state index contributed by atoms with van der Waals surface area (Å²) in [5.74, 6) is -1.43. The first kappa shape index (κ1) is 13.5. The second kappa shape index (κ2) is 5.66. The Morgan fingerprint density at radius 2 is 2.18 bits per heavy atom. The van der Waals surface area contributed by atoms with Crippen molar-refractivity contribution in [3.8, 4) is 0 Å². The second-order valence-electron chi connectivity index (χ2n) is 4.26. The predicted molar refractivity (Wildman–Crippen MR) is 65.8 cm³/mol. The molecule has 1 unspecified atom stereocenters. The maximum atomic E-state index is 13.1. The molecule has 0 radical (unpaired) electrons. The van der Waals surface area contributed by atoms with Crippen LogP contribution in [0.4, 0.5) is 10.1 Å². The number of rotatable bonds is 5. The molecule has 0 spiro atoms. The summed E-state index contributed by atoms with van der Waals surface area (Å²) in [7, 11) is 1.82. The number of nitrogens with zero attached hydrogens (tertiary/aromatic N) is 1. The number of carboxylic acids is 1. The first-order chi connectivity index (χ1) is 7.95. The Kier molecular flexibility index (Phi) is 4.49. The summed E-state index contributed by atoms with van der Waals surface area (Å²) in [5, 5.41) is 8.98. The van der Waals surface area contributed by atoms with E-state index < -0.39 is 11.9 Å². The lowest BCUT2D eigenvalue weighted by Crippen LogP contribution is -2.29. The molecule has 0 aliphatic heterocycles. The molecule has 0 heterocycles. The largest absolute Gasteiger partial charge is 0.481 e. The molecule has 3 nitrogen and oxygen atoms in total. The van der Waals surface area contributed by atoms with E-state index in [1.54, 1.807) is 19.1 Å². The van der Waals surface area contributed by atoms with Crippen molar-refractivity contribution >= 4 is 11.7 Å². The Morgan fingerprint density at radius 1 is 1.53 bits per heavy atom. The molecule has 0 amide bonds. The van der Waals surface area contributed by atoms with Crippen LogP contribution in [0.5, 0.6) is 0 Å². The number of halogens is 1. The highest BCUT2D eigenvalue weighted by Gasteiger charge is 2.17. The zero-order chi connectivity index (χ0) is 13.0. The van der Waals surface area contributed by atoms with Gasteiger partial charge >= 0.3 is 5.97 Å². The Hall–Kier alpha value is -1.58. The number of anilines is 1. The minimum Gasteiger partial charge on any atom is -0.481 e. The standard InChI is InChI=1S/C13H18FNO2/c1-4-10(13(16)17)8-15(3)11-5-6-12(14)9(2)7-11/h5-7,10H,4,8H2,1-3H3,(H,16,17). The van der Waals surface area contributed by atoms with Gasteiger partial charge in [0.05, 0.1) is 5.92 Å². The highest BCUT2D eigenvalue weighted by atomic mass is 19.1. The van der Waals surface area contributed by atoms with Crippen molar-refractivity contribution in [2.45, 2.75) is 20.3 Å². The van der Waals surface area contributed by atoms with Gasteiger partial charge in [-0.25, -0.2) is 4.39 Å². The zero-order valence-electron chi connectivity index (χ0n) is 10.4. The van der Waals surface area contributed by atoms with Gasteiger partial charge in [0.2, 0.25) is 0 Å². The Bertz CT molecular complexity index is 406. The van der Waals surface area contributed by atoms with Gasteiger partial charge in [0.25, 0.3) is 0 Å². The van der Waals surface area contributed by atoms with Crippen molar-refractivity contribution in [1.82, 2.24) is 0 Å². The van der Waals surface area contributed by atoms with Gasteiger partial charge in [-0.05, 0) is 37.1 Å². The Labute approximate surface area is 101 Å². The van der Waals surface area contributed by atoms with Gasteiger partial charge in [0.15, 0.2) is 0 Å². The van der Waals surface area contributed by atoms with Gasteiger partial charge in [-0.2, -0.15) is 0 Å². The Morgan fingerprint density at radius 3 is 2.65 bits per heavy atom. The molecule has 0 bridgehead atoms. The third kappa shape index (κ3) is 3.44. The lowest BCUT2D eigenvalue weighted by molar-refractivity contribution is -0.141. The van der Waals surface area contributed by atoms with Gasteiger partial charge in [-0.15, -0.1) is 0 Å². The molecule has 1 atom stereocenters. The monoisotopic (exact) mass is 239 g/mol. The molecule has 0 aromatic heterocycles. The maximum absolute atomic E-state index is 13.1. The van der Waals surface area contributed by atoms with Crippen LogP contribution in [0.2, 0.25) is 0 Å². The number of carbonyl (C=O) groups is 1. The highest BCUT2D eigenvalue weighted by Crippen LogP contribution is 2.19. The van der Waals surface area contributed by atoms with Crippen LogP contribution in [0.1, 0.15) is 18.9 Å². The molecule has 1 N–H and O–H groups in total. The summed E-state index contributed by atoms with van der Waals surface area (Å²) in [4.78, 5) is 12.8. The Balaban J connectivity index is 2.78. The molecule has 0 saturated heterocycles. The van der Waals surface area contributed by atoms with Crippen molar-refractivity contribution in [1.29, 1.82) is 0 Å². The summed E-state index contributed by atoms with van der Waals surface area (Å²) in [6.45, 7) is 3.97. The summed E-state index contributed by atoms with van der Waals surface area (Å²) in [5.41, 5.74) is 1.40. The number of aliphatic carboxylic acids is 1. The van der Waals surface area contributed by atoms with E-state index in [0.717, 1.165) is 5.69 Å². The number of carboxylic acid groups (broad SMARTS) is 1. The lowest BCUT2D eigenvalue weighted by Gasteiger charge is -2.23. The molecule has 0 aliphatic carbocycles. The second-order valence-corrected chi connectivity index (χ2v) is 4.26. The van der Waals surface area contributed by atoms with E-state index in [1.807, 2.05) is 18.9 Å². The van der Waals surface area contributed by atoms with Crippen LogP contribution in [0, 0.1) is 18.7 Å².